The van der Waals surface area contributed by atoms with Crippen LogP contribution in [-0.2, 0) is 28.3 Å². The molecule has 18 heteroatoms. The first-order valence-corrected chi connectivity index (χ1v) is 16.2. The summed E-state index contributed by atoms with van der Waals surface area (Å²) in [4.78, 5) is 66.6. The maximum Gasteiger partial charge on any atom is 0.335 e. The zero-order valence-corrected chi connectivity index (χ0v) is 27.0. The normalized spacial score (nSPS) is 12.0. The van der Waals surface area contributed by atoms with Gasteiger partial charge >= 0.3 is 11.7 Å². The number of rotatable bonds is 10. The molecule has 0 radical (unpaired) electrons. The Kier molecular flexibility index (Phi) is 9.16. The maximum atomic E-state index is 15.1. The van der Waals surface area contributed by atoms with Crippen LogP contribution in [0, 0.1) is 11.6 Å². The fourth-order valence-electron chi connectivity index (χ4n) is 5.18. The first-order valence-electron chi connectivity index (χ1n) is 14.8. The number of nitrogens with zero attached hydrogens (tertiary/aromatic N) is 6. The van der Waals surface area contributed by atoms with Gasteiger partial charge in [-0.1, -0.05) is 12.1 Å². The molecule has 1 atom stereocenters. The quantitative estimate of drug-likeness (QED) is 0.188. The standard InChI is InChI=1S/C33H24F2N8O7S/c1-42-27-16-36-9-8-23(27)31(45)43(33(42)48)22-5-2-18(3-6-22)10-26(32(46)47)40-30(44)29-24(34)11-21(12-25(29)35)41-51(49,50)28-7-4-19(15-39-28)20-13-37-17-38-14-20/h2-9,11-17,26,41H,10H2,1H3,(H,40,44)(H,46,47)/t26-/m0/s1. The molecule has 3 N–H and O–H groups in total. The summed E-state index contributed by atoms with van der Waals surface area (Å²) in [6.45, 7) is 0. The van der Waals surface area contributed by atoms with Gasteiger partial charge in [0.1, 0.15) is 29.6 Å². The van der Waals surface area contributed by atoms with Crippen molar-refractivity contribution >= 4 is 38.5 Å². The highest BCUT2D eigenvalue weighted by atomic mass is 32.2. The molecule has 1 amide bonds. The van der Waals surface area contributed by atoms with E-state index in [1.807, 2.05) is 4.72 Å². The number of carboxylic acids is 1. The van der Waals surface area contributed by atoms with Crippen LogP contribution in [0.3, 0.4) is 0 Å². The van der Waals surface area contributed by atoms with E-state index < -0.39 is 67.1 Å². The molecule has 51 heavy (non-hydrogen) atoms. The smallest absolute Gasteiger partial charge is 0.335 e. The molecule has 0 aliphatic rings. The van der Waals surface area contributed by atoms with Crippen molar-refractivity contribution in [3.63, 3.8) is 0 Å². The molecule has 0 bridgehead atoms. The number of carboxylic acid groups (broad SMARTS) is 1. The second-order valence-corrected chi connectivity index (χ2v) is 12.7. The van der Waals surface area contributed by atoms with Gasteiger partial charge in [0.25, 0.3) is 21.5 Å². The molecule has 0 aliphatic carbocycles. The fourth-order valence-corrected chi connectivity index (χ4v) is 6.16. The summed E-state index contributed by atoms with van der Waals surface area (Å²) in [5, 5.41) is 11.6. The van der Waals surface area contributed by atoms with Crippen molar-refractivity contribution in [3.05, 3.63) is 136 Å². The van der Waals surface area contributed by atoms with Crippen LogP contribution in [0.25, 0.3) is 27.7 Å². The average Bonchev–Trinajstić information content (AvgIpc) is 3.11. The van der Waals surface area contributed by atoms with Gasteiger partial charge in [0.15, 0.2) is 5.03 Å². The molecule has 6 rings (SSSR count). The van der Waals surface area contributed by atoms with Crippen LogP contribution >= 0.6 is 0 Å². The molecule has 0 spiro atoms. The summed E-state index contributed by atoms with van der Waals surface area (Å²) in [6.07, 6.45) is 8.03. The zero-order valence-electron chi connectivity index (χ0n) is 26.2. The molecular weight excluding hydrogens is 690 g/mol. The van der Waals surface area contributed by atoms with Crippen LogP contribution in [0.4, 0.5) is 14.5 Å². The Morgan fingerprint density at radius 3 is 2.22 bits per heavy atom. The lowest BCUT2D eigenvalue weighted by Gasteiger charge is -2.16. The molecule has 0 fully saturated rings. The van der Waals surface area contributed by atoms with Crippen molar-refractivity contribution in [2.24, 2.45) is 7.05 Å². The Bertz CT molecular complexity index is 2520. The van der Waals surface area contributed by atoms with Crippen LogP contribution in [0.5, 0.6) is 0 Å². The highest BCUT2D eigenvalue weighted by Crippen LogP contribution is 2.23. The first kappa shape index (κ1) is 34.2. The molecule has 6 aromatic rings. The van der Waals surface area contributed by atoms with E-state index in [-0.39, 0.29) is 17.5 Å². The van der Waals surface area contributed by atoms with E-state index in [4.69, 9.17) is 0 Å². The number of carbonyl (C=O) groups excluding carboxylic acids is 1. The number of hydrogen-bond acceptors (Lipinski definition) is 10. The van der Waals surface area contributed by atoms with Crippen molar-refractivity contribution in [2.45, 2.75) is 17.5 Å². The molecule has 4 heterocycles. The second kappa shape index (κ2) is 13.7. The SMILES string of the molecule is Cn1c(=O)n(-c2ccc(C[C@H](NC(=O)c3c(F)cc(NS(=O)(=O)c4ccc(-c5cncnc5)cn4)cc3F)C(=O)O)cc2)c(=O)c2ccncc21. The van der Waals surface area contributed by atoms with E-state index >= 15 is 8.78 Å². The lowest BCUT2D eigenvalue weighted by molar-refractivity contribution is -0.139. The highest BCUT2D eigenvalue weighted by Gasteiger charge is 2.27. The van der Waals surface area contributed by atoms with Gasteiger partial charge < -0.3 is 10.4 Å². The minimum Gasteiger partial charge on any atom is -0.480 e. The predicted octanol–water partition coefficient (Wildman–Crippen LogP) is 2.44. The number of halogens is 2. The van der Waals surface area contributed by atoms with E-state index in [0.29, 0.717) is 34.3 Å². The Balaban J connectivity index is 1.17. The van der Waals surface area contributed by atoms with Gasteiger partial charge in [-0.2, -0.15) is 8.42 Å². The Morgan fingerprint density at radius 2 is 1.59 bits per heavy atom. The molecule has 0 saturated heterocycles. The molecule has 258 valence electrons. The van der Waals surface area contributed by atoms with E-state index in [9.17, 15) is 32.7 Å². The molecule has 0 saturated carbocycles. The van der Waals surface area contributed by atoms with Gasteiger partial charge in [-0.3, -0.25) is 23.9 Å². The van der Waals surface area contributed by atoms with Gasteiger partial charge in [0.05, 0.1) is 28.5 Å². The third-order valence-electron chi connectivity index (χ3n) is 7.74. The minimum atomic E-state index is -4.43. The maximum absolute atomic E-state index is 15.1. The van der Waals surface area contributed by atoms with E-state index in [2.05, 4.69) is 25.3 Å². The first-order chi connectivity index (χ1) is 24.3. The van der Waals surface area contributed by atoms with Crippen LogP contribution in [-0.4, -0.2) is 60.5 Å². The van der Waals surface area contributed by atoms with Crippen molar-refractivity contribution < 1.29 is 31.9 Å². The molecule has 0 aliphatic heterocycles. The number of hydrogen-bond donors (Lipinski definition) is 3. The van der Waals surface area contributed by atoms with Gasteiger partial charge in [-0.05, 0) is 48.0 Å². The van der Waals surface area contributed by atoms with Crippen molar-refractivity contribution in [3.8, 4) is 16.8 Å². The number of aromatic nitrogens is 6. The summed E-state index contributed by atoms with van der Waals surface area (Å²) in [7, 11) is -2.94. The predicted molar refractivity (Wildman–Crippen MR) is 178 cm³/mol. The summed E-state index contributed by atoms with van der Waals surface area (Å²) >= 11 is 0. The van der Waals surface area contributed by atoms with E-state index in [1.165, 1.54) is 91.4 Å². The second-order valence-electron chi connectivity index (χ2n) is 11.0. The average molecular weight is 715 g/mol. The Morgan fingerprint density at radius 1 is 0.902 bits per heavy atom. The largest absolute Gasteiger partial charge is 0.480 e. The van der Waals surface area contributed by atoms with Crippen LogP contribution in [0.2, 0.25) is 0 Å². The number of fused-ring (bicyclic) bond motifs is 1. The monoisotopic (exact) mass is 714 g/mol. The number of benzene rings is 2. The van der Waals surface area contributed by atoms with Gasteiger partial charge in [0.2, 0.25) is 0 Å². The molecule has 4 aromatic heterocycles. The number of aryl methyl sites for hydroxylation is 1. The number of anilines is 1. The highest BCUT2D eigenvalue weighted by molar-refractivity contribution is 7.92. The molecule has 2 aromatic carbocycles. The number of aliphatic carboxylic acids is 1. The summed E-state index contributed by atoms with van der Waals surface area (Å²) in [5.74, 6) is -5.87. The third kappa shape index (κ3) is 6.92. The Hall–Kier alpha value is -6.69. The third-order valence-corrected chi connectivity index (χ3v) is 9.03. The zero-order chi connectivity index (χ0) is 36.4. The molecule has 0 unspecified atom stereocenters. The number of amides is 1. The topological polar surface area (TPSA) is 208 Å². The van der Waals surface area contributed by atoms with Crippen molar-refractivity contribution in [1.29, 1.82) is 0 Å². The Labute approximate surface area is 286 Å². The lowest BCUT2D eigenvalue weighted by Crippen LogP contribution is -2.43. The number of pyridine rings is 2. The van der Waals surface area contributed by atoms with Crippen LogP contribution in [0.1, 0.15) is 15.9 Å². The molecule has 15 nitrogen and oxygen atoms in total. The van der Waals surface area contributed by atoms with Gasteiger partial charge in [0, 0.05) is 49.4 Å². The van der Waals surface area contributed by atoms with E-state index in [0.717, 1.165) is 4.57 Å². The summed E-state index contributed by atoms with van der Waals surface area (Å²) in [5.41, 5.74) is -0.984. The number of nitrogens with one attached hydrogen (secondary N) is 2. The van der Waals surface area contributed by atoms with Crippen LogP contribution in [0.15, 0.2) is 107 Å². The van der Waals surface area contributed by atoms with Crippen molar-refractivity contribution in [1.82, 2.24) is 34.4 Å². The molecular formula is C33H24F2N8O7S. The van der Waals surface area contributed by atoms with Crippen LogP contribution < -0.4 is 21.3 Å². The van der Waals surface area contributed by atoms with Gasteiger partial charge in [-0.25, -0.2) is 37.9 Å². The lowest BCUT2D eigenvalue weighted by atomic mass is 10.0. The number of carbonyl (C=O) groups is 2. The van der Waals surface area contributed by atoms with Gasteiger partial charge in [-0.15, -0.1) is 0 Å². The van der Waals surface area contributed by atoms with Crippen molar-refractivity contribution in [2.75, 3.05) is 4.72 Å². The minimum absolute atomic E-state index is 0.189. The fraction of sp³-hybridized carbons (Fsp3) is 0.0909. The summed E-state index contributed by atoms with van der Waals surface area (Å²) < 4.78 is 60.1. The van der Waals surface area contributed by atoms with E-state index in [1.54, 1.807) is 0 Å². The number of sulfonamides is 1. The summed E-state index contributed by atoms with van der Waals surface area (Å²) in [6, 6.07) is 9.22.